The predicted octanol–water partition coefficient (Wildman–Crippen LogP) is 2.90. The van der Waals surface area contributed by atoms with Crippen molar-refractivity contribution in [3.8, 4) is 5.75 Å². The van der Waals surface area contributed by atoms with E-state index in [4.69, 9.17) is 4.74 Å². The van der Waals surface area contributed by atoms with Gasteiger partial charge in [-0.25, -0.2) is 0 Å². The van der Waals surface area contributed by atoms with E-state index in [9.17, 15) is 9.59 Å². The van der Waals surface area contributed by atoms with Gasteiger partial charge in [0.25, 0.3) is 5.91 Å². The van der Waals surface area contributed by atoms with Crippen LogP contribution in [-0.2, 0) is 22.4 Å². The Bertz CT molecular complexity index is 816. The number of amides is 2. The first-order valence-electron chi connectivity index (χ1n) is 8.17. The molecule has 1 aliphatic carbocycles. The molecule has 0 saturated heterocycles. The smallest absolute Gasteiger partial charge is 0.266 e. The Morgan fingerprint density at radius 3 is 2.92 bits per heavy atom. The second-order valence-electron chi connectivity index (χ2n) is 6.18. The minimum atomic E-state index is -0.811. The van der Waals surface area contributed by atoms with Gasteiger partial charge >= 0.3 is 0 Å². The fourth-order valence-electron chi connectivity index (χ4n) is 3.26. The van der Waals surface area contributed by atoms with Crippen molar-refractivity contribution in [2.75, 3.05) is 10.6 Å². The van der Waals surface area contributed by atoms with Crippen LogP contribution in [0, 0.1) is 0 Å². The summed E-state index contributed by atoms with van der Waals surface area (Å²) in [5.41, 5.74) is 4.07. The zero-order chi connectivity index (χ0) is 16.5. The number of carbonyl (C=O) groups excluding carboxylic acids is 2. The molecule has 2 N–H and O–H groups in total. The molecule has 1 aliphatic heterocycles. The maximum atomic E-state index is 12.3. The predicted molar refractivity (Wildman–Crippen MR) is 91.2 cm³/mol. The van der Waals surface area contributed by atoms with Crippen LogP contribution < -0.4 is 15.4 Å². The zero-order valence-corrected chi connectivity index (χ0v) is 13.2. The van der Waals surface area contributed by atoms with Crippen LogP contribution in [0.4, 0.5) is 11.4 Å². The molecule has 2 amide bonds. The van der Waals surface area contributed by atoms with Crippen LogP contribution in [0.15, 0.2) is 42.5 Å². The zero-order valence-electron chi connectivity index (χ0n) is 13.2. The second-order valence-corrected chi connectivity index (χ2v) is 6.18. The summed E-state index contributed by atoms with van der Waals surface area (Å²) in [6.07, 6.45) is 2.51. The largest absolute Gasteiger partial charge is 0.478 e. The van der Waals surface area contributed by atoms with Gasteiger partial charge < -0.3 is 15.4 Å². The third-order valence-electron chi connectivity index (χ3n) is 4.46. The molecular formula is C19H18N2O3. The van der Waals surface area contributed by atoms with Gasteiger partial charge in [0, 0.05) is 5.69 Å². The number of benzene rings is 2. The summed E-state index contributed by atoms with van der Waals surface area (Å²) >= 11 is 0. The Labute approximate surface area is 140 Å². The molecule has 5 heteroatoms. The summed E-state index contributed by atoms with van der Waals surface area (Å²) in [6.45, 7) is 0. The Morgan fingerprint density at radius 2 is 2.00 bits per heavy atom. The van der Waals surface area contributed by atoms with Gasteiger partial charge in [-0.05, 0) is 54.7 Å². The van der Waals surface area contributed by atoms with Gasteiger partial charge in [0.2, 0.25) is 5.91 Å². The molecule has 2 aromatic carbocycles. The third kappa shape index (κ3) is 2.85. The van der Waals surface area contributed by atoms with Crippen molar-refractivity contribution in [2.24, 2.45) is 0 Å². The van der Waals surface area contributed by atoms with Crippen molar-refractivity contribution in [1.29, 1.82) is 0 Å². The minimum absolute atomic E-state index is 0.0166. The van der Waals surface area contributed by atoms with Gasteiger partial charge in [0.1, 0.15) is 5.75 Å². The first-order valence-corrected chi connectivity index (χ1v) is 8.17. The van der Waals surface area contributed by atoms with Gasteiger partial charge in [0.15, 0.2) is 6.10 Å². The lowest BCUT2D eigenvalue weighted by Gasteiger charge is -2.25. The lowest BCUT2D eigenvalue weighted by atomic mass is 10.1. The number of para-hydroxylation sites is 2. The van der Waals surface area contributed by atoms with E-state index < -0.39 is 6.10 Å². The maximum Gasteiger partial charge on any atom is 0.266 e. The molecular weight excluding hydrogens is 304 g/mol. The van der Waals surface area contributed by atoms with Gasteiger partial charge in [-0.3, -0.25) is 9.59 Å². The number of nitrogens with one attached hydrogen (secondary N) is 2. The number of ether oxygens (including phenoxy) is 1. The van der Waals surface area contributed by atoms with Crippen molar-refractivity contribution in [3.63, 3.8) is 0 Å². The second kappa shape index (κ2) is 6.00. The quantitative estimate of drug-likeness (QED) is 0.913. The van der Waals surface area contributed by atoms with Crippen LogP contribution in [0.2, 0.25) is 0 Å². The molecule has 0 bridgehead atoms. The highest BCUT2D eigenvalue weighted by atomic mass is 16.5. The topological polar surface area (TPSA) is 67.4 Å². The van der Waals surface area contributed by atoms with E-state index in [1.54, 1.807) is 12.1 Å². The molecule has 5 nitrogen and oxygen atoms in total. The molecule has 2 aromatic rings. The highest BCUT2D eigenvalue weighted by Gasteiger charge is 2.29. The fourth-order valence-corrected chi connectivity index (χ4v) is 3.26. The van der Waals surface area contributed by atoms with Crippen molar-refractivity contribution in [2.45, 2.75) is 31.8 Å². The summed E-state index contributed by atoms with van der Waals surface area (Å²) in [5, 5.41) is 5.63. The summed E-state index contributed by atoms with van der Waals surface area (Å²) < 4.78 is 5.65. The fraction of sp³-hybridized carbons (Fsp3) is 0.263. The highest BCUT2D eigenvalue weighted by Crippen LogP contribution is 2.30. The Hall–Kier alpha value is -2.82. The van der Waals surface area contributed by atoms with Crippen LogP contribution in [0.25, 0.3) is 0 Å². The number of hydrogen-bond donors (Lipinski definition) is 2. The van der Waals surface area contributed by atoms with Crippen LogP contribution in [-0.4, -0.2) is 17.9 Å². The van der Waals surface area contributed by atoms with Crippen molar-refractivity contribution < 1.29 is 14.3 Å². The number of fused-ring (bicyclic) bond motifs is 2. The summed E-state index contributed by atoms with van der Waals surface area (Å²) in [7, 11) is 0. The number of hydrogen-bond acceptors (Lipinski definition) is 3. The van der Waals surface area contributed by atoms with Crippen molar-refractivity contribution >= 4 is 23.2 Å². The molecule has 0 fully saturated rings. The van der Waals surface area contributed by atoms with Gasteiger partial charge in [-0.15, -0.1) is 0 Å². The Kier molecular flexibility index (Phi) is 3.69. The Balaban J connectivity index is 1.42. The first kappa shape index (κ1) is 14.8. The summed E-state index contributed by atoms with van der Waals surface area (Å²) in [5.74, 6) is 0.0673. The number of rotatable bonds is 3. The van der Waals surface area contributed by atoms with Crippen LogP contribution in [0.3, 0.4) is 0 Å². The van der Waals surface area contributed by atoms with E-state index >= 15 is 0 Å². The van der Waals surface area contributed by atoms with E-state index in [0.717, 1.165) is 18.5 Å². The SMILES string of the molecule is O=C(CC1Oc2ccccc2NC1=O)Nc1ccc2c(c1)CCC2. The van der Waals surface area contributed by atoms with E-state index in [0.29, 0.717) is 11.4 Å². The molecule has 4 rings (SSSR count). The molecule has 122 valence electrons. The summed E-state index contributed by atoms with van der Waals surface area (Å²) in [4.78, 5) is 24.3. The van der Waals surface area contributed by atoms with Crippen LogP contribution in [0.5, 0.6) is 5.75 Å². The molecule has 0 spiro atoms. The molecule has 24 heavy (non-hydrogen) atoms. The average molecular weight is 322 g/mol. The Morgan fingerprint density at radius 1 is 1.17 bits per heavy atom. The van der Waals surface area contributed by atoms with Gasteiger partial charge in [-0.2, -0.15) is 0 Å². The first-order chi connectivity index (χ1) is 11.7. The molecule has 0 radical (unpaired) electrons. The minimum Gasteiger partial charge on any atom is -0.478 e. The molecule has 0 aromatic heterocycles. The normalized spacial score (nSPS) is 18.2. The lowest BCUT2D eigenvalue weighted by Crippen LogP contribution is -2.39. The van der Waals surface area contributed by atoms with Crippen molar-refractivity contribution in [1.82, 2.24) is 0 Å². The number of anilines is 2. The van der Waals surface area contributed by atoms with Crippen LogP contribution in [0.1, 0.15) is 24.0 Å². The van der Waals surface area contributed by atoms with Crippen molar-refractivity contribution in [3.05, 3.63) is 53.6 Å². The molecule has 1 unspecified atom stereocenters. The monoisotopic (exact) mass is 322 g/mol. The number of carbonyl (C=O) groups is 2. The lowest BCUT2D eigenvalue weighted by molar-refractivity contribution is -0.128. The third-order valence-corrected chi connectivity index (χ3v) is 4.46. The van der Waals surface area contributed by atoms with E-state index in [1.807, 2.05) is 24.3 Å². The van der Waals surface area contributed by atoms with E-state index in [1.165, 1.54) is 17.5 Å². The van der Waals surface area contributed by atoms with Gasteiger partial charge in [-0.1, -0.05) is 18.2 Å². The van der Waals surface area contributed by atoms with Gasteiger partial charge in [0.05, 0.1) is 12.1 Å². The maximum absolute atomic E-state index is 12.3. The summed E-state index contributed by atoms with van der Waals surface area (Å²) in [6, 6.07) is 13.2. The molecule has 2 aliphatic rings. The standard InChI is InChI=1S/C19H18N2O3/c22-18(20-14-9-8-12-4-3-5-13(12)10-14)11-17-19(23)21-15-6-1-2-7-16(15)24-17/h1-2,6-10,17H,3-5,11H2,(H,20,22)(H,21,23). The van der Waals surface area contributed by atoms with E-state index in [-0.39, 0.29) is 18.2 Å². The number of aryl methyl sites for hydroxylation is 2. The average Bonchev–Trinajstić information content (AvgIpc) is 3.03. The molecule has 0 saturated carbocycles. The molecule has 1 atom stereocenters. The molecule has 1 heterocycles. The van der Waals surface area contributed by atoms with E-state index in [2.05, 4.69) is 16.7 Å². The van der Waals surface area contributed by atoms with Crippen LogP contribution >= 0.6 is 0 Å². The highest BCUT2D eigenvalue weighted by molar-refractivity contribution is 6.02.